The van der Waals surface area contributed by atoms with Crippen molar-refractivity contribution in [2.45, 2.75) is 31.8 Å². The van der Waals surface area contributed by atoms with E-state index in [2.05, 4.69) is 24.2 Å². The van der Waals surface area contributed by atoms with E-state index in [1.807, 2.05) is 12.1 Å². The summed E-state index contributed by atoms with van der Waals surface area (Å²) in [7, 11) is 2.19. The number of likely N-dealkylation sites (tertiary alicyclic amines) is 1. The van der Waals surface area contributed by atoms with Crippen molar-refractivity contribution in [3.05, 3.63) is 24.2 Å². The largest absolute Gasteiger partial charge is 0.468 e. The minimum Gasteiger partial charge on any atom is -0.468 e. The average molecular weight is 208 g/mol. The average Bonchev–Trinajstić information content (AvgIpc) is 2.70. The summed E-state index contributed by atoms with van der Waals surface area (Å²) in [4.78, 5) is 2.38. The van der Waals surface area contributed by atoms with Crippen molar-refractivity contribution in [2.24, 2.45) is 0 Å². The first-order valence-electron chi connectivity index (χ1n) is 5.73. The normalized spacial score (nSPS) is 25.3. The van der Waals surface area contributed by atoms with Gasteiger partial charge in [-0.3, -0.25) is 0 Å². The Kier molecular flexibility index (Phi) is 3.44. The Morgan fingerprint density at radius 3 is 3.13 bits per heavy atom. The Labute approximate surface area is 91.4 Å². The first kappa shape index (κ1) is 10.7. The van der Waals surface area contributed by atoms with Crippen LogP contribution < -0.4 is 5.32 Å². The third kappa shape index (κ3) is 2.83. The monoisotopic (exact) mass is 208 g/mol. The van der Waals surface area contributed by atoms with E-state index < -0.39 is 0 Å². The molecule has 1 aromatic heterocycles. The Bertz CT molecular complexity index is 284. The number of nitrogens with one attached hydrogen (secondary N) is 1. The molecule has 0 aliphatic carbocycles. The van der Waals surface area contributed by atoms with Crippen LogP contribution in [0.5, 0.6) is 0 Å². The zero-order chi connectivity index (χ0) is 10.7. The van der Waals surface area contributed by atoms with Crippen LogP contribution in [-0.2, 0) is 0 Å². The highest BCUT2D eigenvalue weighted by molar-refractivity contribution is 5.03. The molecule has 0 aromatic carbocycles. The maximum absolute atomic E-state index is 5.39. The van der Waals surface area contributed by atoms with Gasteiger partial charge in [-0.2, -0.15) is 0 Å². The summed E-state index contributed by atoms with van der Waals surface area (Å²) in [5.74, 6) is 1.03. The second kappa shape index (κ2) is 4.81. The van der Waals surface area contributed by atoms with Gasteiger partial charge in [-0.15, -0.1) is 0 Å². The summed E-state index contributed by atoms with van der Waals surface area (Å²) in [6.07, 6.45) is 4.30. The molecule has 1 aliphatic heterocycles. The van der Waals surface area contributed by atoms with Crippen molar-refractivity contribution in [3.63, 3.8) is 0 Å². The van der Waals surface area contributed by atoms with Crippen molar-refractivity contribution in [3.8, 4) is 0 Å². The van der Waals surface area contributed by atoms with Crippen molar-refractivity contribution in [1.29, 1.82) is 0 Å². The van der Waals surface area contributed by atoms with Gasteiger partial charge in [0.2, 0.25) is 0 Å². The predicted octanol–water partition coefficient (Wildman–Crippen LogP) is 2.02. The molecule has 1 aromatic rings. The lowest BCUT2D eigenvalue weighted by Crippen LogP contribution is -2.44. The molecular weight excluding hydrogens is 188 g/mol. The molecule has 3 heteroatoms. The number of rotatable bonds is 3. The summed E-state index contributed by atoms with van der Waals surface area (Å²) in [5, 5.41) is 3.62. The number of furan rings is 1. The van der Waals surface area contributed by atoms with Gasteiger partial charge in [0.1, 0.15) is 5.76 Å². The highest BCUT2D eigenvalue weighted by atomic mass is 16.3. The molecule has 1 aliphatic rings. The first-order valence-corrected chi connectivity index (χ1v) is 5.73. The Morgan fingerprint density at radius 2 is 2.47 bits per heavy atom. The van der Waals surface area contributed by atoms with Crippen LogP contribution in [0.15, 0.2) is 22.8 Å². The van der Waals surface area contributed by atoms with Gasteiger partial charge in [0.25, 0.3) is 0 Å². The van der Waals surface area contributed by atoms with Crippen molar-refractivity contribution in [1.82, 2.24) is 10.2 Å². The molecule has 1 fully saturated rings. The van der Waals surface area contributed by atoms with Gasteiger partial charge in [-0.05, 0) is 45.5 Å². The SMILES string of the molecule is C[C@@H](NC1CCCN(C)C1)c1ccco1. The molecule has 1 unspecified atom stereocenters. The van der Waals surface area contributed by atoms with Gasteiger partial charge < -0.3 is 14.6 Å². The zero-order valence-electron chi connectivity index (χ0n) is 9.57. The molecular formula is C12H20N2O. The lowest BCUT2D eigenvalue weighted by molar-refractivity contribution is 0.214. The van der Waals surface area contributed by atoms with Gasteiger partial charge in [-0.25, -0.2) is 0 Å². The number of nitrogens with zero attached hydrogens (tertiary/aromatic N) is 1. The molecule has 0 amide bonds. The third-order valence-corrected chi connectivity index (χ3v) is 3.08. The predicted molar refractivity (Wildman–Crippen MR) is 60.8 cm³/mol. The molecule has 2 atom stereocenters. The fourth-order valence-corrected chi connectivity index (χ4v) is 2.28. The molecule has 2 heterocycles. The molecule has 1 saturated heterocycles. The summed E-state index contributed by atoms with van der Waals surface area (Å²) in [6, 6.07) is 4.89. The maximum Gasteiger partial charge on any atom is 0.120 e. The fraction of sp³-hybridized carbons (Fsp3) is 0.667. The molecule has 0 spiro atoms. The van der Waals surface area contributed by atoms with E-state index in [0.717, 1.165) is 12.3 Å². The second-order valence-electron chi connectivity index (χ2n) is 4.51. The molecule has 3 nitrogen and oxygen atoms in total. The van der Waals surface area contributed by atoms with Crippen LogP contribution in [0.1, 0.15) is 31.6 Å². The molecule has 0 bridgehead atoms. The van der Waals surface area contributed by atoms with Gasteiger partial charge in [-0.1, -0.05) is 0 Å². The van der Waals surface area contributed by atoms with E-state index in [1.54, 1.807) is 6.26 Å². The summed E-state index contributed by atoms with van der Waals surface area (Å²) < 4.78 is 5.39. The van der Waals surface area contributed by atoms with Gasteiger partial charge >= 0.3 is 0 Å². The van der Waals surface area contributed by atoms with E-state index in [-0.39, 0.29) is 0 Å². The number of hydrogen-bond acceptors (Lipinski definition) is 3. The van der Waals surface area contributed by atoms with Crippen molar-refractivity contribution < 1.29 is 4.42 Å². The van der Waals surface area contributed by atoms with Crippen LogP contribution in [0.4, 0.5) is 0 Å². The minimum atomic E-state index is 0.316. The molecule has 2 rings (SSSR count). The topological polar surface area (TPSA) is 28.4 Å². The summed E-state index contributed by atoms with van der Waals surface area (Å²) in [5.41, 5.74) is 0. The van der Waals surface area contributed by atoms with Gasteiger partial charge in [0, 0.05) is 12.6 Å². The summed E-state index contributed by atoms with van der Waals surface area (Å²) in [6.45, 7) is 4.53. The third-order valence-electron chi connectivity index (χ3n) is 3.08. The van der Waals surface area contributed by atoms with E-state index >= 15 is 0 Å². The Hall–Kier alpha value is -0.800. The van der Waals surface area contributed by atoms with Crippen LogP contribution >= 0.6 is 0 Å². The van der Waals surface area contributed by atoms with E-state index in [0.29, 0.717) is 12.1 Å². The second-order valence-corrected chi connectivity index (χ2v) is 4.51. The zero-order valence-corrected chi connectivity index (χ0v) is 9.57. The lowest BCUT2D eigenvalue weighted by atomic mass is 10.1. The van der Waals surface area contributed by atoms with E-state index in [4.69, 9.17) is 4.42 Å². The Morgan fingerprint density at radius 1 is 1.60 bits per heavy atom. The van der Waals surface area contributed by atoms with Crippen LogP contribution in [-0.4, -0.2) is 31.1 Å². The highest BCUT2D eigenvalue weighted by Crippen LogP contribution is 2.16. The number of likely N-dealkylation sites (N-methyl/N-ethyl adjacent to an activating group) is 1. The molecule has 84 valence electrons. The molecule has 15 heavy (non-hydrogen) atoms. The fourth-order valence-electron chi connectivity index (χ4n) is 2.28. The number of piperidine rings is 1. The van der Waals surface area contributed by atoms with Crippen LogP contribution in [0.2, 0.25) is 0 Å². The number of hydrogen-bond donors (Lipinski definition) is 1. The standard InChI is InChI=1S/C12H20N2O/c1-10(12-6-4-8-15-12)13-11-5-3-7-14(2)9-11/h4,6,8,10-11,13H,3,5,7,9H2,1-2H3/t10-,11?/m1/s1. The minimum absolute atomic E-state index is 0.316. The van der Waals surface area contributed by atoms with Gasteiger partial charge in [0.05, 0.1) is 12.3 Å². The molecule has 1 N–H and O–H groups in total. The smallest absolute Gasteiger partial charge is 0.120 e. The van der Waals surface area contributed by atoms with Crippen molar-refractivity contribution in [2.75, 3.05) is 20.1 Å². The maximum atomic E-state index is 5.39. The van der Waals surface area contributed by atoms with Crippen molar-refractivity contribution >= 4 is 0 Å². The molecule has 0 radical (unpaired) electrons. The van der Waals surface area contributed by atoms with E-state index in [9.17, 15) is 0 Å². The quantitative estimate of drug-likeness (QED) is 0.824. The summed E-state index contributed by atoms with van der Waals surface area (Å²) >= 11 is 0. The Balaban J connectivity index is 1.86. The van der Waals surface area contributed by atoms with E-state index in [1.165, 1.54) is 19.4 Å². The molecule has 0 saturated carbocycles. The van der Waals surface area contributed by atoms with Crippen LogP contribution in [0, 0.1) is 0 Å². The van der Waals surface area contributed by atoms with Gasteiger partial charge in [0.15, 0.2) is 0 Å². The first-order chi connectivity index (χ1) is 7.25. The lowest BCUT2D eigenvalue weighted by Gasteiger charge is -2.31. The van der Waals surface area contributed by atoms with Crippen LogP contribution in [0.25, 0.3) is 0 Å². The van der Waals surface area contributed by atoms with Crippen LogP contribution in [0.3, 0.4) is 0 Å². The highest BCUT2D eigenvalue weighted by Gasteiger charge is 2.19.